The van der Waals surface area contributed by atoms with E-state index in [4.69, 9.17) is 16.3 Å². The van der Waals surface area contributed by atoms with Gasteiger partial charge in [0, 0.05) is 32.7 Å². The van der Waals surface area contributed by atoms with Crippen molar-refractivity contribution < 1.29 is 9.53 Å². The summed E-state index contributed by atoms with van der Waals surface area (Å²) in [6.45, 7) is 5.90. The van der Waals surface area contributed by atoms with Gasteiger partial charge in [0.25, 0.3) is 0 Å². The Labute approximate surface area is 174 Å². The maximum absolute atomic E-state index is 12.7. The van der Waals surface area contributed by atoms with Crippen LogP contribution >= 0.6 is 23.5 Å². The predicted molar refractivity (Wildman–Crippen MR) is 109 cm³/mol. The van der Waals surface area contributed by atoms with Crippen LogP contribution in [0.2, 0.25) is 5.15 Å². The lowest BCUT2D eigenvalue weighted by atomic mass is 9.88. The second-order valence-corrected chi connectivity index (χ2v) is 9.65. The largest absolute Gasteiger partial charge is 0.373 e. The summed E-state index contributed by atoms with van der Waals surface area (Å²) in [6.07, 6.45) is 8.24. The lowest BCUT2D eigenvalue weighted by Crippen LogP contribution is -2.47. The highest BCUT2D eigenvalue weighted by Gasteiger charge is 2.58. The Kier molecular flexibility index (Phi) is 5.38. The Morgan fingerprint density at radius 3 is 2.68 bits per heavy atom. The van der Waals surface area contributed by atoms with E-state index in [1.165, 1.54) is 0 Å². The highest BCUT2D eigenvalue weighted by molar-refractivity contribution is 7.98. The SMILES string of the molecule is O=C1[C@@H]2[C@H](SN1CCCCN1CCN(c3cncc(Cl)n3)CC1)[C@@H]1CC[C@H]2O1. The Bertz CT molecular complexity index is 732. The van der Waals surface area contributed by atoms with Gasteiger partial charge in [-0.2, -0.15) is 0 Å². The number of halogens is 1. The third-order valence-corrected chi connectivity index (χ3v) is 8.00. The molecule has 5 heterocycles. The second kappa shape index (κ2) is 7.97. The first kappa shape index (κ1) is 18.9. The monoisotopic (exact) mass is 423 g/mol. The van der Waals surface area contributed by atoms with Gasteiger partial charge in [0.2, 0.25) is 5.91 Å². The van der Waals surface area contributed by atoms with E-state index in [9.17, 15) is 4.79 Å². The van der Waals surface area contributed by atoms with Crippen LogP contribution in [0.1, 0.15) is 25.7 Å². The quantitative estimate of drug-likeness (QED) is 0.512. The molecule has 1 aromatic rings. The fourth-order valence-electron chi connectivity index (χ4n) is 4.88. The molecule has 0 aromatic carbocycles. The van der Waals surface area contributed by atoms with Crippen LogP contribution in [-0.4, -0.2) is 81.8 Å². The van der Waals surface area contributed by atoms with Gasteiger partial charge in [0.1, 0.15) is 11.0 Å². The molecule has 0 spiro atoms. The van der Waals surface area contributed by atoms with Crippen molar-refractivity contribution in [2.75, 3.05) is 44.2 Å². The van der Waals surface area contributed by atoms with E-state index in [0.717, 1.165) is 70.8 Å². The number of aromatic nitrogens is 2. The summed E-state index contributed by atoms with van der Waals surface area (Å²) in [6, 6.07) is 0. The number of nitrogens with zero attached hydrogens (tertiary/aromatic N) is 5. The van der Waals surface area contributed by atoms with Crippen molar-refractivity contribution in [1.29, 1.82) is 0 Å². The van der Waals surface area contributed by atoms with Crippen LogP contribution in [0, 0.1) is 5.92 Å². The fraction of sp³-hybridized carbons (Fsp3) is 0.737. The highest BCUT2D eigenvalue weighted by Crippen LogP contribution is 2.51. The molecule has 0 unspecified atom stereocenters. The molecular formula is C19H26ClN5O2S. The second-order valence-electron chi connectivity index (χ2n) is 8.06. The first-order valence-corrected chi connectivity index (χ1v) is 11.5. The van der Waals surface area contributed by atoms with Gasteiger partial charge in [-0.15, -0.1) is 0 Å². The molecule has 28 heavy (non-hydrogen) atoms. The standard InChI is InChI=1S/C19H26ClN5O2S/c20-15-11-21-12-16(22-15)24-9-7-23(8-10-24)5-1-2-6-25-19(26)17-13-3-4-14(27-13)18(17)28-25/h11-14,17-18H,1-10H2/t13-,14+,17+,18-/m1/s1. The molecule has 4 atom stereocenters. The smallest absolute Gasteiger partial charge is 0.239 e. The summed E-state index contributed by atoms with van der Waals surface area (Å²) < 4.78 is 7.94. The van der Waals surface area contributed by atoms with E-state index < -0.39 is 0 Å². The van der Waals surface area contributed by atoms with E-state index in [2.05, 4.69) is 19.8 Å². The summed E-state index contributed by atoms with van der Waals surface area (Å²) in [7, 11) is 0. The molecule has 7 nitrogen and oxygen atoms in total. The topological polar surface area (TPSA) is 61.8 Å². The molecular weight excluding hydrogens is 398 g/mol. The van der Waals surface area contributed by atoms with Crippen LogP contribution in [0.4, 0.5) is 5.82 Å². The van der Waals surface area contributed by atoms with Gasteiger partial charge < -0.3 is 9.64 Å². The third-order valence-electron chi connectivity index (χ3n) is 6.36. The minimum atomic E-state index is 0.131. The Balaban J connectivity index is 1.02. The van der Waals surface area contributed by atoms with Gasteiger partial charge in [-0.3, -0.25) is 19.0 Å². The zero-order chi connectivity index (χ0) is 19.1. The molecule has 4 fully saturated rings. The van der Waals surface area contributed by atoms with Crippen LogP contribution in [0.25, 0.3) is 0 Å². The molecule has 4 aliphatic rings. The number of hydrogen-bond acceptors (Lipinski definition) is 7. The van der Waals surface area contributed by atoms with E-state index in [-0.39, 0.29) is 12.0 Å². The summed E-state index contributed by atoms with van der Waals surface area (Å²) in [5.74, 6) is 1.31. The highest BCUT2D eigenvalue weighted by atomic mass is 35.5. The zero-order valence-electron chi connectivity index (χ0n) is 15.9. The average Bonchev–Trinajstić information content (AvgIpc) is 3.40. The Morgan fingerprint density at radius 1 is 1.11 bits per heavy atom. The van der Waals surface area contributed by atoms with E-state index >= 15 is 0 Å². The molecule has 0 N–H and O–H groups in total. The van der Waals surface area contributed by atoms with Crippen molar-refractivity contribution in [2.24, 2.45) is 5.92 Å². The number of rotatable bonds is 6. The fourth-order valence-corrected chi connectivity index (χ4v) is 6.53. The van der Waals surface area contributed by atoms with Crippen LogP contribution in [0.3, 0.4) is 0 Å². The lowest BCUT2D eigenvalue weighted by Gasteiger charge is -2.35. The van der Waals surface area contributed by atoms with Gasteiger partial charge in [0.05, 0.1) is 35.8 Å². The average molecular weight is 424 g/mol. The molecule has 1 amide bonds. The summed E-state index contributed by atoms with van der Waals surface area (Å²) in [4.78, 5) is 25.9. The van der Waals surface area contributed by atoms with Crippen molar-refractivity contribution in [2.45, 2.75) is 43.1 Å². The molecule has 4 saturated heterocycles. The number of ether oxygens (including phenoxy) is 1. The predicted octanol–water partition coefficient (Wildman–Crippen LogP) is 2.07. The maximum atomic E-state index is 12.7. The number of carbonyl (C=O) groups excluding carboxylic acids is 1. The van der Waals surface area contributed by atoms with Gasteiger partial charge >= 0.3 is 0 Å². The first-order chi connectivity index (χ1) is 13.7. The van der Waals surface area contributed by atoms with Crippen molar-refractivity contribution in [3.05, 3.63) is 17.5 Å². The van der Waals surface area contributed by atoms with Gasteiger partial charge in [-0.25, -0.2) is 4.98 Å². The summed E-state index contributed by atoms with van der Waals surface area (Å²) in [5, 5.41) is 0.826. The van der Waals surface area contributed by atoms with E-state index in [1.54, 1.807) is 24.3 Å². The number of unbranched alkanes of at least 4 members (excludes halogenated alkanes) is 1. The minimum Gasteiger partial charge on any atom is -0.373 e. The molecule has 0 radical (unpaired) electrons. The van der Waals surface area contributed by atoms with Crippen LogP contribution < -0.4 is 4.90 Å². The molecule has 4 aliphatic heterocycles. The van der Waals surface area contributed by atoms with Crippen molar-refractivity contribution in [3.63, 3.8) is 0 Å². The maximum Gasteiger partial charge on any atom is 0.239 e. The van der Waals surface area contributed by atoms with Gasteiger partial charge in [0.15, 0.2) is 0 Å². The van der Waals surface area contributed by atoms with Gasteiger partial charge in [-0.1, -0.05) is 11.6 Å². The minimum absolute atomic E-state index is 0.131. The summed E-state index contributed by atoms with van der Waals surface area (Å²) in [5.41, 5.74) is 0. The van der Waals surface area contributed by atoms with Crippen molar-refractivity contribution in [1.82, 2.24) is 19.2 Å². The molecule has 0 saturated carbocycles. The molecule has 152 valence electrons. The Hall–Kier alpha value is -1.09. The number of hydrogen-bond donors (Lipinski definition) is 0. The third kappa shape index (κ3) is 3.60. The molecule has 1 aromatic heterocycles. The molecule has 0 aliphatic carbocycles. The normalized spacial score (nSPS) is 32.4. The molecule has 2 bridgehead atoms. The molecule has 5 rings (SSSR count). The first-order valence-electron chi connectivity index (χ1n) is 10.3. The van der Waals surface area contributed by atoms with Crippen molar-refractivity contribution in [3.8, 4) is 0 Å². The number of fused-ring (bicyclic) bond motifs is 5. The number of piperazine rings is 1. The number of amides is 1. The lowest BCUT2D eigenvalue weighted by molar-refractivity contribution is -0.130. The van der Waals surface area contributed by atoms with Crippen LogP contribution in [0.15, 0.2) is 12.4 Å². The van der Waals surface area contributed by atoms with Crippen molar-refractivity contribution >= 4 is 35.3 Å². The number of anilines is 1. The van der Waals surface area contributed by atoms with Gasteiger partial charge in [-0.05, 0) is 44.2 Å². The van der Waals surface area contributed by atoms with Crippen LogP contribution in [0.5, 0.6) is 0 Å². The molecule has 9 heteroatoms. The van der Waals surface area contributed by atoms with E-state index in [0.29, 0.717) is 22.4 Å². The number of carbonyl (C=O) groups is 1. The summed E-state index contributed by atoms with van der Waals surface area (Å²) >= 11 is 7.70. The zero-order valence-corrected chi connectivity index (χ0v) is 17.4. The van der Waals surface area contributed by atoms with E-state index in [1.807, 2.05) is 4.31 Å². The Morgan fingerprint density at radius 2 is 1.89 bits per heavy atom. The van der Waals surface area contributed by atoms with Crippen LogP contribution in [-0.2, 0) is 9.53 Å².